The normalized spacial score (nSPS) is 22.9. The van der Waals surface area contributed by atoms with Crippen molar-refractivity contribution in [2.24, 2.45) is 0 Å². The highest BCUT2D eigenvalue weighted by atomic mass is 35.5. The quantitative estimate of drug-likeness (QED) is 0.797. The highest BCUT2D eigenvalue weighted by Gasteiger charge is 2.48. The Morgan fingerprint density at radius 1 is 1.08 bits per heavy atom. The Morgan fingerprint density at radius 3 is 2.60 bits per heavy atom. The van der Waals surface area contributed by atoms with Gasteiger partial charge in [-0.3, -0.25) is 10.1 Å². The zero-order valence-electron chi connectivity index (χ0n) is 13.8. The third-order valence-corrected chi connectivity index (χ3v) is 5.71. The van der Waals surface area contributed by atoms with Crippen molar-refractivity contribution in [3.63, 3.8) is 0 Å². The molecule has 2 aromatic carbocycles. The van der Waals surface area contributed by atoms with Crippen molar-refractivity contribution in [3.8, 4) is 0 Å². The van der Waals surface area contributed by atoms with E-state index in [2.05, 4.69) is 10.6 Å². The molecule has 1 heterocycles. The molecule has 1 atom stereocenters. The van der Waals surface area contributed by atoms with Crippen LogP contribution >= 0.6 is 23.2 Å². The number of benzene rings is 2. The molecule has 3 nitrogen and oxygen atoms in total. The minimum atomic E-state index is -0.778. The van der Waals surface area contributed by atoms with Gasteiger partial charge >= 0.3 is 0 Å². The molecule has 1 fully saturated rings. The molecule has 0 aromatic heterocycles. The molecule has 1 amide bonds. The number of fused-ring (bicyclic) bond motifs is 1. The molecule has 5 heteroatoms. The van der Waals surface area contributed by atoms with Crippen LogP contribution in [0.5, 0.6) is 0 Å². The number of hydrogen-bond donors (Lipinski definition) is 2. The number of halogens is 2. The molecule has 2 N–H and O–H groups in total. The Labute approximate surface area is 157 Å². The van der Waals surface area contributed by atoms with Gasteiger partial charge in [0.05, 0.1) is 0 Å². The predicted molar refractivity (Wildman–Crippen MR) is 102 cm³/mol. The molecule has 1 unspecified atom stereocenters. The second-order valence-corrected chi connectivity index (χ2v) is 7.85. The van der Waals surface area contributed by atoms with Crippen molar-refractivity contribution in [1.29, 1.82) is 0 Å². The van der Waals surface area contributed by atoms with Crippen LogP contribution in [0.2, 0.25) is 10.0 Å². The summed E-state index contributed by atoms with van der Waals surface area (Å²) in [6, 6.07) is 13.7. The van der Waals surface area contributed by atoms with Gasteiger partial charge in [-0.2, -0.15) is 0 Å². The summed E-state index contributed by atoms with van der Waals surface area (Å²) in [7, 11) is 0. The summed E-state index contributed by atoms with van der Waals surface area (Å²) in [5.41, 5.74) is 2.02. The first-order valence-corrected chi connectivity index (χ1v) is 9.46. The topological polar surface area (TPSA) is 41.1 Å². The van der Waals surface area contributed by atoms with Gasteiger partial charge in [-0.15, -0.1) is 0 Å². The first kappa shape index (κ1) is 16.9. The Balaban J connectivity index is 1.77. The number of nitrogens with one attached hydrogen (secondary N) is 2. The minimum absolute atomic E-state index is 0.0170. The van der Waals surface area contributed by atoms with Gasteiger partial charge in [0.1, 0.15) is 5.54 Å². The molecule has 0 spiro atoms. The van der Waals surface area contributed by atoms with E-state index in [9.17, 15) is 4.79 Å². The zero-order valence-corrected chi connectivity index (χ0v) is 15.3. The molecule has 2 aromatic rings. The maximum atomic E-state index is 13.1. The summed E-state index contributed by atoms with van der Waals surface area (Å²) in [5.74, 6) is -0.0170. The highest BCUT2D eigenvalue weighted by molar-refractivity contribution is 6.31. The fraction of sp³-hybridized carbons (Fsp3) is 0.350. The predicted octanol–water partition coefficient (Wildman–Crippen LogP) is 4.92. The number of hydrogen-bond acceptors (Lipinski definition) is 2. The lowest BCUT2D eigenvalue weighted by Crippen LogP contribution is -2.53. The summed E-state index contributed by atoms with van der Waals surface area (Å²) in [6.07, 6.45) is 5.19. The van der Waals surface area contributed by atoms with E-state index in [0.717, 1.165) is 29.7 Å². The van der Waals surface area contributed by atoms with Crippen molar-refractivity contribution in [1.82, 2.24) is 5.32 Å². The van der Waals surface area contributed by atoms with E-state index >= 15 is 0 Å². The summed E-state index contributed by atoms with van der Waals surface area (Å²) in [5, 5.41) is 8.01. The van der Waals surface area contributed by atoms with Gasteiger partial charge in [-0.1, -0.05) is 54.2 Å². The van der Waals surface area contributed by atoms with Crippen molar-refractivity contribution in [2.45, 2.75) is 43.7 Å². The number of carbonyl (C=O) groups excluding carboxylic acids is 1. The van der Waals surface area contributed by atoms with Crippen molar-refractivity contribution < 1.29 is 4.79 Å². The first-order valence-electron chi connectivity index (χ1n) is 8.70. The second-order valence-electron chi connectivity index (χ2n) is 6.98. The van der Waals surface area contributed by atoms with Crippen LogP contribution in [-0.2, 0) is 16.8 Å². The van der Waals surface area contributed by atoms with Crippen molar-refractivity contribution in [3.05, 3.63) is 63.6 Å². The van der Waals surface area contributed by atoms with Gasteiger partial charge < -0.3 is 5.32 Å². The van der Waals surface area contributed by atoms with Gasteiger partial charge in [0.25, 0.3) is 0 Å². The second kappa shape index (κ2) is 6.64. The van der Waals surface area contributed by atoms with Gasteiger partial charge in [0.15, 0.2) is 0 Å². The molecule has 1 saturated carbocycles. The number of amides is 1. The van der Waals surface area contributed by atoms with E-state index in [1.807, 2.05) is 42.5 Å². The SMILES string of the molecule is O=C1Nc2cc(Cl)ccc2C1(Cc1cccc(Cl)c1)NC1CCCC1. The van der Waals surface area contributed by atoms with E-state index in [-0.39, 0.29) is 5.91 Å². The fourth-order valence-corrected chi connectivity index (χ4v) is 4.47. The van der Waals surface area contributed by atoms with Crippen molar-refractivity contribution in [2.75, 3.05) is 5.32 Å². The lowest BCUT2D eigenvalue weighted by molar-refractivity contribution is -0.122. The summed E-state index contributed by atoms with van der Waals surface area (Å²) in [4.78, 5) is 13.1. The average Bonchev–Trinajstić information content (AvgIpc) is 3.15. The van der Waals surface area contributed by atoms with Gasteiger partial charge in [-0.05, 0) is 42.7 Å². The standard InChI is InChI=1S/C20H20Cl2N2O/c21-14-5-3-4-13(10-14)12-20(24-16-6-1-2-7-16)17-9-8-15(22)11-18(17)23-19(20)25/h3-5,8-11,16,24H,1-2,6-7,12H2,(H,23,25). The fourth-order valence-electron chi connectivity index (χ4n) is 4.08. The third-order valence-electron chi connectivity index (χ3n) is 5.24. The molecule has 1 aliphatic heterocycles. The van der Waals surface area contributed by atoms with Crippen LogP contribution in [-0.4, -0.2) is 11.9 Å². The van der Waals surface area contributed by atoms with Crippen LogP contribution in [0, 0.1) is 0 Å². The molecule has 0 saturated heterocycles. The molecular weight excluding hydrogens is 355 g/mol. The van der Waals surface area contributed by atoms with Gasteiger partial charge in [0.2, 0.25) is 5.91 Å². The zero-order chi connectivity index (χ0) is 17.4. The van der Waals surface area contributed by atoms with Gasteiger partial charge in [0, 0.05) is 33.8 Å². The summed E-state index contributed by atoms with van der Waals surface area (Å²) in [6.45, 7) is 0. The largest absolute Gasteiger partial charge is 0.324 e. The molecule has 0 bridgehead atoms. The smallest absolute Gasteiger partial charge is 0.249 e. The summed E-state index contributed by atoms with van der Waals surface area (Å²) >= 11 is 12.3. The lowest BCUT2D eigenvalue weighted by atomic mass is 9.84. The van der Waals surface area contributed by atoms with Crippen LogP contribution in [0.15, 0.2) is 42.5 Å². The molecule has 4 rings (SSSR count). The Hall–Kier alpha value is -1.55. The van der Waals surface area contributed by atoms with Crippen LogP contribution in [0.4, 0.5) is 5.69 Å². The number of carbonyl (C=O) groups is 1. The Kier molecular flexibility index (Phi) is 4.48. The van der Waals surface area contributed by atoms with Gasteiger partial charge in [-0.25, -0.2) is 0 Å². The lowest BCUT2D eigenvalue weighted by Gasteiger charge is -2.32. The molecular formula is C20H20Cl2N2O. The maximum Gasteiger partial charge on any atom is 0.249 e. The number of anilines is 1. The van der Waals surface area contributed by atoms with E-state index in [1.54, 1.807) is 0 Å². The van der Waals surface area contributed by atoms with E-state index in [1.165, 1.54) is 12.8 Å². The Morgan fingerprint density at radius 2 is 1.84 bits per heavy atom. The van der Waals surface area contributed by atoms with Crippen LogP contribution < -0.4 is 10.6 Å². The summed E-state index contributed by atoms with van der Waals surface area (Å²) < 4.78 is 0. The molecule has 25 heavy (non-hydrogen) atoms. The van der Waals surface area contributed by atoms with Crippen LogP contribution in [0.25, 0.3) is 0 Å². The minimum Gasteiger partial charge on any atom is -0.324 e. The van der Waals surface area contributed by atoms with E-state index in [4.69, 9.17) is 23.2 Å². The molecule has 1 aliphatic carbocycles. The van der Waals surface area contributed by atoms with Crippen LogP contribution in [0.3, 0.4) is 0 Å². The maximum absolute atomic E-state index is 13.1. The highest BCUT2D eigenvalue weighted by Crippen LogP contribution is 2.41. The first-order chi connectivity index (χ1) is 12.1. The average molecular weight is 375 g/mol. The Bertz CT molecular complexity index is 817. The molecule has 130 valence electrons. The van der Waals surface area contributed by atoms with E-state index in [0.29, 0.717) is 22.5 Å². The monoisotopic (exact) mass is 374 g/mol. The number of rotatable bonds is 4. The van der Waals surface area contributed by atoms with Crippen molar-refractivity contribution >= 4 is 34.8 Å². The molecule has 0 radical (unpaired) electrons. The third kappa shape index (κ3) is 3.17. The van der Waals surface area contributed by atoms with E-state index < -0.39 is 5.54 Å². The molecule has 2 aliphatic rings. The van der Waals surface area contributed by atoms with Crippen LogP contribution in [0.1, 0.15) is 36.8 Å².